The number of aromatic carboxylic acids is 1. The van der Waals surface area contributed by atoms with Crippen LogP contribution in [0, 0.1) is 13.8 Å². The average Bonchev–Trinajstić information content (AvgIpc) is 4.00. The number of ether oxygens (including phenoxy) is 3. The number of ketones is 2. The van der Waals surface area contributed by atoms with Gasteiger partial charge >= 0.3 is 61.7 Å². The van der Waals surface area contributed by atoms with E-state index < -0.39 is 40.6 Å². The van der Waals surface area contributed by atoms with Crippen molar-refractivity contribution in [1.82, 2.24) is 9.97 Å². The number of aliphatic hydroxyl groups excluding tert-OH is 2. The first kappa shape index (κ1) is 86.9. The molecule has 1 atom stereocenters. The number of thiocarbonyl (C=S) groups is 1. The van der Waals surface area contributed by atoms with Crippen molar-refractivity contribution >= 4 is 163 Å². The smallest absolute Gasteiger partial charge is 0.870 e. The Labute approximate surface area is 547 Å². The van der Waals surface area contributed by atoms with Crippen molar-refractivity contribution in [3.63, 3.8) is 0 Å². The van der Waals surface area contributed by atoms with Gasteiger partial charge in [0.1, 0.15) is 16.2 Å². The van der Waals surface area contributed by atoms with E-state index in [2.05, 4.69) is 53.0 Å². The number of thiazole rings is 2. The predicted octanol–water partition coefficient (Wildman–Crippen LogP) is 9.96. The van der Waals surface area contributed by atoms with Gasteiger partial charge in [-0.1, -0.05) is 180 Å². The van der Waals surface area contributed by atoms with Crippen LogP contribution in [0.1, 0.15) is 91.1 Å². The Bertz CT molecular complexity index is 2840. The van der Waals surface area contributed by atoms with E-state index in [0.717, 1.165) is 28.3 Å². The summed E-state index contributed by atoms with van der Waals surface area (Å²) in [7, 11) is 5.81. The minimum Gasteiger partial charge on any atom is -0.870 e. The number of hydrogen-bond acceptors (Lipinski definition) is 19. The van der Waals surface area contributed by atoms with Crippen molar-refractivity contribution in [3.8, 4) is 22.5 Å². The molecule has 0 fully saturated rings. The molecule has 0 saturated carbocycles. The third-order valence-electron chi connectivity index (χ3n) is 7.71. The van der Waals surface area contributed by atoms with Gasteiger partial charge in [-0.25, -0.2) is 24.4 Å². The molecular weight excluding hydrogens is 1310 g/mol. The summed E-state index contributed by atoms with van der Waals surface area (Å²) in [4.78, 5) is 78.0. The van der Waals surface area contributed by atoms with Crippen LogP contribution in [0.5, 0.6) is 0 Å². The molecule has 0 aliphatic carbocycles. The molecule has 82 heavy (non-hydrogen) atoms. The number of carboxylic acid groups (broad SMARTS) is 1. The average molecular weight is 1370 g/mol. The molecule has 4 aromatic carbocycles. The topological polar surface area (TPSA) is 307 Å². The number of hydrogen-bond donors (Lipinski definition) is 4. The maximum absolute atomic E-state index is 11.8. The fourth-order valence-electron chi connectivity index (χ4n) is 5.06. The Morgan fingerprint density at radius 3 is 1.29 bits per heavy atom. The Morgan fingerprint density at radius 1 is 0.659 bits per heavy atom. The molecule has 30 heteroatoms. The van der Waals surface area contributed by atoms with Gasteiger partial charge in [-0.3, -0.25) is 14.4 Å². The summed E-state index contributed by atoms with van der Waals surface area (Å²) in [6.07, 6.45) is -0.183. The molecule has 448 valence electrons. The first-order valence-corrected chi connectivity index (χ1v) is 29.9. The van der Waals surface area contributed by atoms with Gasteiger partial charge in [-0.15, -0.1) is 34.3 Å². The molecule has 6 N–H and O–H groups in total. The molecule has 6 aromatic rings. The Balaban J connectivity index is -0.000000289. The zero-order valence-electron chi connectivity index (χ0n) is 45.7. The van der Waals surface area contributed by atoms with Gasteiger partial charge in [-0.05, 0) is 48.5 Å². The van der Waals surface area contributed by atoms with E-state index in [1.165, 1.54) is 22.7 Å². The molecule has 0 aliphatic rings. The second kappa shape index (κ2) is 50.4. The molecule has 0 spiro atoms. The molecule has 1 unspecified atom stereocenters. The summed E-state index contributed by atoms with van der Waals surface area (Å²) < 4.78 is 31.1. The Morgan fingerprint density at radius 2 is 0.963 bits per heavy atom. The van der Waals surface area contributed by atoms with Crippen LogP contribution in [-0.2, 0) is 32.1 Å². The monoisotopic (exact) mass is 1360 g/mol. The van der Waals surface area contributed by atoms with E-state index in [0.29, 0.717) is 50.5 Å². The maximum Gasteiger partial charge on any atom is 1.00 e. The molecular formula is C52H61Cl7N3NaO15S4. The standard InChI is InChI=1S/C13H13NO2S.C11H11ClO3.C11H9NO2S.C11H12O3.C2H5NS.C2H6O.CCl4.CH4O.Cl2O2S.Na.H2O/c1-3-16-13(15)12-11(14-9(2)17-12)10-7-5-4-6-8-10;1-2-15-11(14)9(12)10(13)8-6-4-3-5-7-8;1-7-12-9(10(15-7)11(13)14)8-5-3-2-4-6-8;1-2-14-11(13)8-10(12)9-6-4-3-5-7-9;1-2(3)4;1-2-3;2-1(3,4)5;1-2;1-5(2,3)4;;/h4-8H,3H2,1-2H3;3-7,9H,2H2,1H3;2-6H,1H3,(H,13,14);3-7H,2,8H2,1H3;1H3,(H2,3,4);3H,2H2,1H3;;2H,1H3;;;1H2/q;;;;;;;;;+1;/p-1. The zero-order chi connectivity index (χ0) is 62.0. The number of benzene rings is 4. The summed E-state index contributed by atoms with van der Waals surface area (Å²) in [6, 6.07) is 36.2. The number of carboxylic acids is 1. The van der Waals surface area contributed by atoms with Crippen molar-refractivity contribution in [2.45, 2.75) is 63.5 Å². The molecule has 0 aliphatic heterocycles. The first-order chi connectivity index (χ1) is 37.4. The normalized spacial score (nSPS) is 9.82. The Kier molecular flexibility index (Phi) is 53.4. The van der Waals surface area contributed by atoms with E-state index in [1.807, 2.05) is 80.6 Å². The summed E-state index contributed by atoms with van der Waals surface area (Å²) in [5.74, 6) is -3.02. The van der Waals surface area contributed by atoms with Gasteiger partial charge in [0.15, 0.2) is 16.9 Å². The SMILES string of the molecule is CC(N)=S.CCO.CCOC(=O)C(Cl)C(=O)c1ccccc1.CCOC(=O)CC(=O)c1ccccc1.CCOC(=O)c1sc(C)nc1-c1ccccc1.CO.Cc1nc(-c2ccccc2)c(C(=O)O)s1.ClC(Cl)(Cl)Cl.O=S(=O)(Cl)Cl.[Na+].[OH-]. The van der Waals surface area contributed by atoms with E-state index in [4.69, 9.17) is 92.2 Å². The zero-order valence-corrected chi connectivity index (χ0v) is 56.2. The summed E-state index contributed by atoms with van der Waals surface area (Å²) >= 11 is 31.9. The number of carbonyl (C=O) groups is 6. The molecule has 2 heterocycles. The van der Waals surface area contributed by atoms with E-state index in [1.54, 1.807) is 89.2 Å². The van der Waals surface area contributed by atoms with E-state index in [9.17, 15) is 28.8 Å². The summed E-state index contributed by atoms with van der Waals surface area (Å²) in [5, 5.41) is 24.0. The van der Waals surface area contributed by atoms with Gasteiger partial charge in [0.05, 0.1) is 46.2 Å². The molecule has 0 amide bonds. The molecule has 18 nitrogen and oxygen atoms in total. The number of aliphatic hydroxyl groups is 2. The minimum absolute atomic E-state index is 0. The fourth-order valence-corrected chi connectivity index (χ4v) is 6.86. The second-order valence-electron chi connectivity index (χ2n) is 13.9. The number of esters is 3. The van der Waals surface area contributed by atoms with Crippen LogP contribution >= 0.6 is 114 Å². The van der Waals surface area contributed by atoms with Crippen molar-refractivity contribution < 1.29 is 102 Å². The predicted molar refractivity (Wildman–Crippen MR) is 329 cm³/mol. The number of Topliss-reactive ketones (excluding diaryl/α,β-unsaturated/α-hetero) is 2. The number of rotatable bonds is 13. The number of alkyl halides is 5. The number of nitrogens with zero attached hydrogens (tertiary/aromatic N) is 2. The van der Waals surface area contributed by atoms with Crippen LogP contribution in [0.2, 0.25) is 0 Å². The van der Waals surface area contributed by atoms with Crippen LogP contribution in [0.3, 0.4) is 0 Å². The van der Waals surface area contributed by atoms with Crippen LogP contribution in [0.4, 0.5) is 0 Å². The third-order valence-corrected chi connectivity index (χ3v) is 9.99. The third kappa shape index (κ3) is 45.5. The van der Waals surface area contributed by atoms with Crippen molar-refractivity contribution in [1.29, 1.82) is 0 Å². The van der Waals surface area contributed by atoms with Gasteiger partial charge in [-0.2, -0.15) is 8.42 Å². The van der Waals surface area contributed by atoms with Crippen LogP contribution in [0.25, 0.3) is 22.5 Å². The molecule has 2 aromatic heterocycles. The maximum atomic E-state index is 11.8. The first-order valence-electron chi connectivity index (χ1n) is 22.8. The van der Waals surface area contributed by atoms with Crippen LogP contribution in [0.15, 0.2) is 121 Å². The number of carbonyl (C=O) groups excluding carboxylic acids is 5. The van der Waals surface area contributed by atoms with Crippen LogP contribution in [-0.4, -0.2) is 122 Å². The van der Waals surface area contributed by atoms with Crippen molar-refractivity contribution in [2.75, 3.05) is 33.5 Å². The van der Waals surface area contributed by atoms with Gasteiger partial charge in [0.2, 0.25) is 0 Å². The second-order valence-corrected chi connectivity index (χ2v) is 24.5. The number of aryl methyl sites for hydroxylation is 2. The number of halogens is 7. The molecule has 0 bridgehead atoms. The molecule has 6 rings (SSSR count). The fraction of sp³-hybridized carbons (Fsp3) is 0.288. The van der Waals surface area contributed by atoms with Gasteiger partial charge in [0.25, 0.3) is 3.25 Å². The van der Waals surface area contributed by atoms with Gasteiger partial charge in [0, 0.05) is 57.3 Å². The number of aromatic nitrogens is 2. The number of nitrogens with two attached hydrogens (primary N) is 1. The summed E-state index contributed by atoms with van der Waals surface area (Å²) in [6.45, 7) is 13.4. The summed E-state index contributed by atoms with van der Waals surface area (Å²) in [5.41, 5.74) is 8.86. The largest absolute Gasteiger partial charge is 1.00 e. The Hall–Kier alpha value is -3.89. The molecule has 0 radical (unpaired) electrons. The minimum atomic E-state index is -3.72. The van der Waals surface area contributed by atoms with Gasteiger partial charge < -0.3 is 40.7 Å². The van der Waals surface area contributed by atoms with Crippen molar-refractivity contribution in [2.24, 2.45) is 5.73 Å². The van der Waals surface area contributed by atoms with Crippen molar-refractivity contribution in [3.05, 3.63) is 152 Å². The molecule has 0 saturated heterocycles. The van der Waals surface area contributed by atoms with Crippen LogP contribution < -0.4 is 35.3 Å². The van der Waals surface area contributed by atoms with E-state index in [-0.39, 0.29) is 66.4 Å². The van der Waals surface area contributed by atoms with E-state index >= 15 is 0 Å². The quantitative estimate of drug-likeness (QED) is 0.0122.